The first-order chi connectivity index (χ1) is 12.1. The van der Waals surface area contributed by atoms with Crippen LogP contribution < -0.4 is 15.4 Å². The number of hydrogen-bond donors (Lipinski definition) is 3. The van der Waals surface area contributed by atoms with Crippen LogP contribution >= 0.6 is 0 Å². The molecule has 25 heavy (non-hydrogen) atoms. The number of hydrogen-bond acceptors (Lipinski definition) is 5. The molecule has 0 fully saturated rings. The number of aliphatic hydroxyl groups is 1. The molecule has 1 amide bonds. The van der Waals surface area contributed by atoms with Crippen molar-refractivity contribution < 1.29 is 14.6 Å². The molecule has 2 aromatic carbocycles. The van der Waals surface area contributed by atoms with E-state index in [1.165, 1.54) is 6.20 Å². The molecule has 0 spiro atoms. The average molecular weight is 337 g/mol. The Kier molecular flexibility index (Phi) is 6.57. The van der Waals surface area contributed by atoms with E-state index >= 15 is 0 Å². The molecule has 128 valence electrons. The summed E-state index contributed by atoms with van der Waals surface area (Å²) < 4.78 is 5.67. The second kappa shape index (κ2) is 9.11. The zero-order valence-electron chi connectivity index (χ0n) is 13.8. The maximum absolute atomic E-state index is 12.1. The second-order valence-corrected chi connectivity index (χ2v) is 5.32. The van der Waals surface area contributed by atoms with E-state index in [2.05, 4.69) is 10.6 Å². The molecule has 0 aliphatic carbocycles. The number of para-hydroxylation sites is 1. The maximum atomic E-state index is 12.1. The zero-order chi connectivity index (χ0) is 18.1. The Morgan fingerprint density at radius 3 is 2.44 bits per heavy atom. The molecule has 0 aliphatic rings. The fourth-order valence-corrected chi connectivity index (χ4v) is 1.91. The first kappa shape index (κ1) is 18.0. The Balaban J connectivity index is 1.95. The van der Waals surface area contributed by atoms with Gasteiger partial charge in [0.2, 0.25) is 0 Å². The van der Waals surface area contributed by atoms with E-state index in [4.69, 9.17) is 15.1 Å². The van der Waals surface area contributed by atoms with Gasteiger partial charge in [0.05, 0.1) is 6.10 Å². The van der Waals surface area contributed by atoms with Gasteiger partial charge >= 0.3 is 0 Å². The van der Waals surface area contributed by atoms with Crippen molar-refractivity contribution >= 4 is 11.6 Å². The van der Waals surface area contributed by atoms with Gasteiger partial charge in [-0.3, -0.25) is 4.79 Å². The van der Waals surface area contributed by atoms with Crippen LogP contribution in [-0.4, -0.2) is 23.7 Å². The molecule has 1 unspecified atom stereocenters. The third-order valence-corrected chi connectivity index (χ3v) is 3.12. The monoisotopic (exact) mass is 337 g/mol. The van der Waals surface area contributed by atoms with Crippen molar-refractivity contribution in [1.29, 1.82) is 5.26 Å². The molecule has 3 N–H and O–H groups in total. The second-order valence-electron chi connectivity index (χ2n) is 5.32. The third kappa shape index (κ3) is 6.01. The Bertz CT molecular complexity index is 763. The van der Waals surface area contributed by atoms with E-state index in [1.807, 2.05) is 36.4 Å². The van der Waals surface area contributed by atoms with Crippen molar-refractivity contribution in [3.05, 3.63) is 66.4 Å². The summed E-state index contributed by atoms with van der Waals surface area (Å²) in [5, 5.41) is 23.6. The van der Waals surface area contributed by atoms with Crippen molar-refractivity contribution in [1.82, 2.24) is 5.32 Å². The van der Waals surface area contributed by atoms with Gasteiger partial charge in [-0.15, -0.1) is 0 Å². The lowest BCUT2D eigenvalue weighted by Gasteiger charge is -2.08. The third-order valence-electron chi connectivity index (χ3n) is 3.12. The molecule has 0 aliphatic heterocycles. The highest BCUT2D eigenvalue weighted by Crippen LogP contribution is 2.22. The smallest absolute Gasteiger partial charge is 0.267 e. The number of rotatable bonds is 7. The highest BCUT2D eigenvalue weighted by molar-refractivity contribution is 6.06. The molecule has 6 heteroatoms. The van der Waals surface area contributed by atoms with Crippen molar-refractivity contribution in [3.63, 3.8) is 0 Å². The lowest BCUT2D eigenvalue weighted by atomic mass is 10.2. The molecule has 6 nitrogen and oxygen atoms in total. The summed E-state index contributed by atoms with van der Waals surface area (Å²) in [7, 11) is 0. The predicted octanol–water partition coefficient (Wildman–Crippen LogP) is 2.80. The fraction of sp³-hybridized carbons (Fsp3) is 0.158. The number of ether oxygens (including phenoxy) is 1. The summed E-state index contributed by atoms with van der Waals surface area (Å²) in [5.41, 5.74) is 0.465. The van der Waals surface area contributed by atoms with Gasteiger partial charge in [0.25, 0.3) is 5.91 Å². The van der Waals surface area contributed by atoms with Gasteiger partial charge in [-0.25, -0.2) is 0 Å². The first-order valence-electron chi connectivity index (χ1n) is 7.74. The van der Waals surface area contributed by atoms with E-state index in [0.29, 0.717) is 11.4 Å². The number of anilines is 1. The van der Waals surface area contributed by atoms with Gasteiger partial charge < -0.3 is 20.5 Å². The Hall–Kier alpha value is -3.30. The van der Waals surface area contributed by atoms with Crippen molar-refractivity contribution in [2.75, 3.05) is 11.9 Å². The van der Waals surface area contributed by atoms with Crippen LogP contribution in [0.15, 0.2) is 66.4 Å². The van der Waals surface area contributed by atoms with Crippen LogP contribution in [0.3, 0.4) is 0 Å². The van der Waals surface area contributed by atoms with Gasteiger partial charge in [-0.05, 0) is 43.3 Å². The molecular weight excluding hydrogens is 318 g/mol. The molecule has 0 bridgehead atoms. The van der Waals surface area contributed by atoms with E-state index in [1.54, 1.807) is 31.2 Å². The molecule has 1 atom stereocenters. The maximum Gasteiger partial charge on any atom is 0.267 e. The van der Waals surface area contributed by atoms with Crippen LogP contribution in [0.25, 0.3) is 0 Å². The van der Waals surface area contributed by atoms with Crippen LogP contribution in [0.5, 0.6) is 11.5 Å². The van der Waals surface area contributed by atoms with Gasteiger partial charge in [0.1, 0.15) is 23.1 Å². The fourth-order valence-electron chi connectivity index (χ4n) is 1.91. The molecule has 0 aromatic heterocycles. The number of nitriles is 1. The van der Waals surface area contributed by atoms with Crippen LogP contribution in [0.2, 0.25) is 0 Å². The minimum absolute atomic E-state index is 0.0785. The summed E-state index contributed by atoms with van der Waals surface area (Å²) in [6, 6.07) is 18.0. The lowest BCUT2D eigenvalue weighted by molar-refractivity contribution is -0.112. The number of nitrogens with one attached hydrogen (secondary N) is 2. The molecule has 2 rings (SSSR count). The number of amides is 1. The largest absolute Gasteiger partial charge is 0.457 e. The van der Waals surface area contributed by atoms with Crippen molar-refractivity contribution in [2.24, 2.45) is 0 Å². The molecule has 0 saturated heterocycles. The first-order valence-corrected chi connectivity index (χ1v) is 7.74. The van der Waals surface area contributed by atoms with E-state index < -0.39 is 12.0 Å². The minimum atomic E-state index is -0.573. The van der Waals surface area contributed by atoms with Gasteiger partial charge in [0.15, 0.2) is 0 Å². The number of carbonyl (C=O) groups excluding carboxylic acids is 1. The summed E-state index contributed by atoms with van der Waals surface area (Å²) in [6.45, 7) is 1.86. The Morgan fingerprint density at radius 1 is 1.20 bits per heavy atom. The number of nitrogens with zero attached hydrogens (tertiary/aromatic N) is 1. The van der Waals surface area contributed by atoms with Gasteiger partial charge in [0, 0.05) is 18.4 Å². The molecule has 0 saturated carbocycles. The molecule has 0 heterocycles. The van der Waals surface area contributed by atoms with Crippen molar-refractivity contribution in [2.45, 2.75) is 13.0 Å². The van der Waals surface area contributed by atoms with Gasteiger partial charge in [-0.1, -0.05) is 18.2 Å². The minimum Gasteiger partial charge on any atom is -0.457 e. The summed E-state index contributed by atoms with van der Waals surface area (Å²) in [6.07, 6.45) is 0.714. The van der Waals surface area contributed by atoms with Crippen LogP contribution in [0.4, 0.5) is 5.69 Å². The van der Waals surface area contributed by atoms with E-state index in [-0.39, 0.29) is 12.1 Å². The number of carbonyl (C=O) groups is 1. The highest BCUT2D eigenvalue weighted by Gasteiger charge is 2.09. The standard InChI is InChI=1S/C19H19N3O3/c1-14(23)12-21-13-15(11-20)19(24)22-16-7-9-18(10-8-16)25-17-5-3-2-4-6-17/h2-10,13-14,21,23H,12H2,1H3,(H,22,24)/b15-13-. The number of aliphatic hydroxyl groups excluding tert-OH is 1. The predicted molar refractivity (Wildman–Crippen MR) is 95.0 cm³/mol. The summed E-state index contributed by atoms with van der Waals surface area (Å²) in [5.74, 6) is 0.828. The molecular formula is C19H19N3O3. The van der Waals surface area contributed by atoms with Crippen LogP contribution in [0, 0.1) is 11.3 Å². The number of benzene rings is 2. The average Bonchev–Trinajstić information content (AvgIpc) is 2.61. The lowest BCUT2D eigenvalue weighted by Crippen LogP contribution is -2.22. The Morgan fingerprint density at radius 2 is 1.84 bits per heavy atom. The SMILES string of the molecule is CC(O)CN/C=C(/C#N)C(=O)Nc1ccc(Oc2ccccc2)cc1. The topological polar surface area (TPSA) is 94.4 Å². The van der Waals surface area contributed by atoms with E-state index in [9.17, 15) is 4.79 Å². The van der Waals surface area contributed by atoms with Gasteiger partial charge in [-0.2, -0.15) is 5.26 Å². The summed E-state index contributed by atoms with van der Waals surface area (Å²) in [4.78, 5) is 12.1. The Labute approximate surface area is 146 Å². The summed E-state index contributed by atoms with van der Waals surface area (Å²) >= 11 is 0. The quantitative estimate of drug-likeness (QED) is 0.533. The zero-order valence-corrected chi connectivity index (χ0v) is 13.8. The van der Waals surface area contributed by atoms with Crippen LogP contribution in [-0.2, 0) is 4.79 Å². The highest BCUT2D eigenvalue weighted by atomic mass is 16.5. The van der Waals surface area contributed by atoms with Crippen LogP contribution in [0.1, 0.15) is 6.92 Å². The van der Waals surface area contributed by atoms with E-state index in [0.717, 1.165) is 5.75 Å². The molecule has 0 radical (unpaired) electrons. The molecule has 2 aromatic rings. The normalized spacial score (nSPS) is 12.0. The van der Waals surface area contributed by atoms with Crippen molar-refractivity contribution in [3.8, 4) is 17.6 Å².